The Hall–Kier alpha value is -4.04. The van der Waals surface area contributed by atoms with E-state index < -0.39 is 11.2 Å². The number of Topliss-reactive ketones (excluding diaryl/α,β-unsaturated/α-hetero) is 1. The largest absolute Gasteiger partial charge is 0.454 e. The molecule has 1 aliphatic rings. The number of hydrogen-bond donors (Lipinski definition) is 1. The first-order chi connectivity index (χ1) is 16.9. The minimum Gasteiger partial charge on any atom is -0.454 e. The average Bonchev–Trinajstić information content (AvgIpc) is 3.70. The second-order valence-electron chi connectivity index (χ2n) is 8.29. The fourth-order valence-corrected chi connectivity index (χ4v) is 3.76. The summed E-state index contributed by atoms with van der Waals surface area (Å²) in [6.07, 6.45) is 4.75. The minimum atomic E-state index is -0.491. The van der Waals surface area contributed by atoms with Gasteiger partial charge in [0.15, 0.2) is 5.78 Å². The number of pyridine rings is 1. The van der Waals surface area contributed by atoms with Crippen LogP contribution in [0.15, 0.2) is 71.8 Å². The normalized spacial score (nSPS) is 13.0. The average molecular weight is 491 g/mol. The smallest absolute Gasteiger partial charge is 0.218 e. The van der Waals surface area contributed by atoms with Crippen LogP contribution in [0.5, 0.6) is 11.5 Å². The maximum absolute atomic E-state index is 13.4. The maximum atomic E-state index is 13.4. The first-order valence-corrected chi connectivity index (χ1v) is 11.4. The number of hydrogen-bond acceptors (Lipinski definition) is 6. The van der Waals surface area contributed by atoms with Crippen molar-refractivity contribution in [1.82, 2.24) is 14.8 Å². The van der Waals surface area contributed by atoms with Gasteiger partial charge in [0.25, 0.3) is 0 Å². The lowest BCUT2D eigenvalue weighted by Gasteiger charge is -2.11. The molecule has 5 rings (SSSR count). The molecule has 2 aromatic heterocycles. The number of nitrogens with two attached hydrogens (primary N) is 1. The van der Waals surface area contributed by atoms with E-state index in [2.05, 4.69) is 10.1 Å². The quantitative estimate of drug-likeness (QED) is 0.281. The fraction of sp³-hybridized carbons (Fsp3) is 0.154. The number of benzene rings is 2. The number of carbonyl (C=O) groups excluding carboxylic acids is 1. The number of anilines is 1. The second kappa shape index (κ2) is 9.31. The Kier molecular flexibility index (Phi) is 6.05. The van der Waals surface area contributed by atoms with Crippen molar-refractivity contribution in [2.45, 2.75) is 25.3 Å². The predicted molar refractivity (Wildman–Crippen MR) is 130 cm³/mol. The predicted octanol–water partition coefficient (Wildman–Crippen LogP) is 5.23. The van der Waals surface area contributed by atoms with Crippen molar-refractivity contribution in [3.8, 4) is 22.8 Å². The molecular weight excluding hydrogens is 471 g/mol. The van der Waals surface area contributed by atoms with Crippen LogP contribution in [-0.2, 0) is 6.42 Å². The van der Waals surface area contributed by atoms with E-state index in [1.54, 1.807) is 35.0 Å². The molecule has 0 saturated heterocycles. The summed E-state index contributed by atoms with van der Waals surface area (Å²) >= 11 is 6.16. The SMILES string of the molecule is Nc1cccc(Oc2ccc(CC(=O)c3cn(C4CC4)nc(-c4ccc(F)cc4)c3=O)nc2)c1Cl. The van der Waals surface area contributed by atoms with Crippen molar-refractivity contribution in [3.05, 3.63) is 99.3 Å². The Labute approximate surface area is 205 Å². The summed E-state index contributed by atoms with van der Waals surface area (Å²) in [5.41, 5.74) is 6.78. The summed E-state index contributed by atoms with van der Waals surface area (Å²) in [4.78, 5) is 30.6. The van der Waals surface area contributed by atoms with E-state index in [4.69, 9.17) is 22.1 Å². The molecule has 0 spiro atoms. The van der Waals surface area contributed by atoms with E-state index in [0.29, 0.717) is 33.5 Å². The van der Waals surface area contributed by atoms with Crippen molar-refractivity contribution in [3.63, 3.8) is 0 Å². The third-order valence-electron chi connectivity index (χ3n) is 5.64. The van der Waals surface area contributed by atoms with Crippen LogP contribution < -0.4 is 15.9 Å². The zero-order valence-electron chi connectivity index (χ0n) is 18.4. The number of aromatic nitrogens is 3. The summed E-state index contributed by atoms with van der Waals surface area (Å²) in [6, 6.07) is 14.0. The highest BCUT2D eigenvalue weighted by Gasteiger charge is 2.27. The monoisotopic (exact) mass is 490 g/mol. The number of nitrogens with zero attached hydrogens (tertiary/aromatic N) is 3. The van der Waals surface area contributed by atoms with Gasteiger partial charge in [0.2, 0.25) is 5.43 Å². The molecule has 9 heteroatoms. The van der Waals surface area contributed by atoms with Crippen LogP contribution in [0.4, 0.5) is 10.1 Å². The number of rotatable bonds is 7. The molecule has 0 bridgehead atoms. The van der Waals surface area contributed by atoms with E-state index in [-0.39, 0.29) is 29.5 Å². The first-order valence-electron chi connectivity index (χ1n) is 11.0. The zero-order chi connectivity index (χ0) is 24.5. The Balaban J connectivity index is 1.39. The van der Waals surface area contributed by atoms with Crippen LogP contribution in [0.3, 0.4) is 0 Å². The summed E-state index contributed by atoms with van der Waals surface area (Å²) in [5, 5.41) is 4.73. The highest BCUT2D eigenvalue weighted by atomic mass is 35.5. The van der Waals surface area contributed by atoms with Crippen LogP contribution in [0.2, 0.25) is 5.02 Å². The van der Waals surface area contributed by atoms with Crippen molar-refractivity contribution in [1.29, 1.82) is 0 Å². The lowest BCUT2D eigenvalue weighted by molar-refractivity contribution is 0.0989. The molecule has 4 aromatic rings. The van der Waals surface area contributed by atoms with Gasteiger partial charge in [0, 0.05) is 17.5 Å². The molecule has 176 valence electrons. The Morgan fingerprint density at radius 2 is 1.91 bits per heavy atom. The van der Waals surface area contributed by atoms with Crippen molar-refractivity contribution in [2.24, 2.45) is 0 Å². The van der Waals surface area contributed by atoms with Crippen LogP contribution >= 0.6 is 11.6 Å². The van der Waals surface area contributed by atoms with Gasteiger partial charge in [0.05, 0.1) is 29.9 Å². The van der Waals surface area contributed by atoms with Crippen molar-refractivity contribution in [2.75, 3.05) is 5.73 Å². The number of ketones is 1. The summed E-state index contributed by atoms with van der Waals surface area (Å²) in [6.45, 7) is 0. The Morgan fingerprint density at radius 1 is 1.14 bits per heavy atom. The molecule has 1 saturated carbocycles. The standard InChI is InChI=1S/C26H20ClFN4O3/c27-24-21(29)2-1-3-23(24)35-19-11-8-17(30-13-19)12-22(33)20-14-32(18-9-10-18)31-25(26(20)34)15-4-6-16(28)7-5-15/h1-8,11,13-14,18H,9-10,12,29H2. The number of ether oxygens (including phenoxy) is 1. The third-order valence-corrected chi connectivity index (χ3v) is 6.04. The zero-order valence-corrected chi connectivity index (χ0v) is 19.2. The highest BCUT2D eigenvalue weighted by molar-refractivity contribution is 6.34. The van der Waals surface area contributed by atoms with Gasteiger partial charge in [-0.05, 0) is 61.4 Å². The van der Waals surface area contributed by atoms with Gasteiger partial charge in [-0.1, -0.05) is 17.7 Å². The van der Waals surface area contributed by atoms with E-state index >= 15 is 0 Å². The van der Waals surface area contributed by atoms with Crippen molar-refractivity contribution >= 4 is 23.1 Å². The molecule has 0 aliphatic heterocycles. The second-order valence-corrected chi connectivity index (χ2v) is 8.66. The maximum Gasteiger partial charge on any atom is 0.218 e. The molecular formula is C26H20ClFN4O3. The summed E-state index contributed by atoms with van der Waals surface area (Å²) < 4.78 is 20.8. The molecule has 0 amide bonds. The summed E-state index contributed by atoms with van der Waals surface area (Å²) in [5.74, 6) is 0.0190. The highest BCUT2D eigenvalue weighted by Crippen LogP contribution is 2.35. The molecule has 0 unspecified atom stereocenters. The first kappa shape index (κ1) is 22.7. The van der Waals surface area contributed by atoms with Gasteiger partial charge in [-0.3, -0.25) is 19.3 Å². The number of carbonyl (C=O) groups is 1. The third kappa shape index (κ3) is 4.93. The van der Waals surface area contributed by atoms with E-state index in [9.17, 15) is 14.0 Å². The van der Waals surface area contributed by atoms with Crippen molar-refractivity contribution < 1.29 is 13.9 Å². The van der Waals surface area contributed by atoms with Crippen LogP contribution in [0, 0.1) is 5.82 Å². The molecule has 2 N–H and O–H groups in total. The van der Waals surface area contributed by atoms with E-state index in [1.807, 2.05) is 0 Å². The van der Waals surface area contributed by atoms with Gasteiger partial charge in [-0.2, -0.15) is 5.10 Å². The fourth-order valence-electron chi connectivity index (χ4n) is 3.60. The molecule has 1 aliphatic carbocycles. The molecule has 0 radical (unpaired) electrons. The molecule has 0 atom stereocenters. The van der Waals surface area contributed by atoms with E-state index in [1.165, 1.54) is 36.7 Å². The molecule has 35 heavy (non-hydrogen) atoms. The number of halogens is 2. The Bertz CT molecular complexity index is 1470. The van der Waals surface area contributed by atoms with Gasteiger partial charge < -0.3 is 10.5 Å². The van der Waals surface area contributed by atoms with Crippen LogP contribution in [0.1, 0.15) is 34.9 Å². The van der Waals surface area contributed by atoms with E-state index in [0.717, 1.165) is 12.8 Å². The van der Waals surface area contributed by atoms with Crippen LogP contribution in [0.25, 0.3) is 11.3 Å². The van der Waals surface area contributed by atoms with Gasteiger partial charge in [0.1, 0.15) is 28.0 Å². The van der Waals surface area contributed by atoms with Gasteiger partial charge >= 0.3 is 0 Å². The topological polar surface area (TPSA) is 100 Å². The molecule has 2 aromatic carbocycles. The lowest BCUT2D eigenvalue weighted by atomic mass is 10.0. The Morgan fingerprint density at radius 3 is 2.60 bits per heavy atom. The molecule has 2 heterocycles. The molecule has 7 nitrogen and oxygen atoms in total. The summed E-state index contributed by atoms with van der Waals surface area (Å²) in [7, 11) is 0. The minimum absolute atomic E-state index is 0.0277. The lowest BCUT2D eigenvalue weighted by Crippen LogP contribution is -2.23. The van der Waals surface area contributed by atoms with Gasteiger partial charge in [-0.15, -0.1) is 0 Å². The van der Waals surface area contributed by atoms with Crippen LogP contribution in [-0.4, -0.2) is 20.5 Å². The number of nitrogen functional groups attached to an aromatic ring is 1. The molecule has 1 fully saturated rings. The van der Waals surface area contributed by atoms with Gasteiger partial charge in [-0.25, -0.2) is 4.39 Å².